The summed E-state index contributed by atoms with van der Waals surface area (Å²) in [6.07, 6.45) is 15.8. The molecule has 1 fully saturated rings. The molecule has 0 spiro atoms. The van der Waals surface area contributed by atoms with Gasteiger partial charge in [0.05, 0.1) is 28.3 Å². The van der Waals surface area contributed by atoms with E-state index in [4.69, 9.17) is 15.7 Å². The molecule has 0 saturated heterocycles. The van der Waals surface area contributed by atoms with Crippen LogP contribution in [0.3, 0.4) is 0 Å². The lowest BCUT2D eigenvalue weighted by Crippen LogP contribution is -2.22. The summed E-state index contributed by atoms with van der Waals surface area (Å²) in [5, 5.41) is 13.9. The molecule has 190 valence electrons. The molecule has 8 heteroatoms. The van der Waals surface area contributed by atoms with Crippen LogP contribution in [-0.2, 0) is 4.79 Å². The zero-order chi connectivity index (χ0) is 25.6. The molecule has 0 radical (unpaired) electrons. The van der Waals surface area contributed by atoms with Crippen molar-refractivity contribution in [1.82, 2.24) is 14.6 Å². The predicted molar refractivity (Wildman–Crippen MR) is 147 cm³/mol. The second-order valence-electron chi connectivity index (χ2n) is 10.7. The van der Waals surface area contributed by atoms with Gasteiger partial charge in [0.2, 0.25) is 0 Å². The van der Waals surface area contributed by atoms with Gasteiger partial charge in [-0.1, -0.05) is 44.6 Å². The maximum Gasteiger partial charge on any atom is 0.306 e. The molecule has 3 heterocycles. The summed E-state index contributed by atoms with van der Waals surface area (Å²) in [4.78, 5) is 21.4. The van der Waals surface area contributed by atoms with Crippen molar-refractivity contribution in [3.63, 3.8) is 0 Å². The quantitative estimate of drug-likeness (QED) is 0.459. The Morgan fingerprint density at radius 2 is 2.00 bits per heavy atom. The number of nitrogen functional groups attached to an aromatic ring is 1. The molecule has 1 saturated carbocycles. The van der Waals surface area contributed by atoms with Gasteiger partial charge in [-0.15, -0.1) is 0 Å². The van der Waals surface area contributed by atoms with E-state index in [2.05, 4.69) is 60.0 Å². The second-order valence-corrected chi connectivity index (χ2v) is 11.5. The molecule has 5 rings (SSSR count). The molecule has 3 N–H and O–H groups in total. The fraction of sp³-hybridized carbons (Fsp3) is 0.500. The third-order valence-corrected chi connectivity index (χ3v) is 8.80. The number of nitrogens with zero attached hydrogens (tertiary/aromatic N) is 4. The van der Waals surface area contributed by atoms with Crippen molar-refractivity contribution in [2.24, 2.45) is 22.7 Å². The van der Waals surface area contributed by atoms with Crippen LogP contribution in [0, 0.1) is 17.8 Å². The van der Waals surface area contributed by atoms with E-state index in [1.54, 1.807) is 4.52 Å². The number of aromatic nitrogens is 3. The summed E-state index contributed by atoms with van der Waals surface area (Å²) in [7, 11) is 0. The number of nitrogens with two attached hydrogens (primary N) is 1. The Hall–Kier alpha value is -2.74. The number of aliphatic carboxylic acids is 1. The Morgan fingerprint density at radius 1 is 1.25 bits per heavy atom. The molecule has 0 aromatic carbocycles. The van der Waals surface area contributed by atoms with Crippen molar-refractivity contribution in [3.8, 4) is 0 Å². The molecule has 3 aliphatic rings. The normalized spacial score (nSPS) is 26.6. The lowest BCUT2D eigenvalue weighted by Gasteiger charge is -2.27. The van der Waals surface area contributed by atoms with Crippen LogP contribution >= 0.6 is 15.9 Å². The SMILES string of the molecule is CC(C)C1=CC(C2N=CC(c3cnn4c(N)c(Br)c(C5CCC(C(=O)O)CC5)nc34)=CC2C)=CCC1. The number of aliphatic imine (C=N–C) groups is 1. The maximum absolute atomic E-state index is 11.4. The van der Waals surface area contributed by atoms with E-state index in [0.717, 1.165) is 47.0 Å². The fourth-order valence-electron chi connectivity index (χ4n) is 5.78. The van der Waals surface area contributed by atoms with Crippen molar-refractivity contribution in [1.29, 1.82) is 0 Å². The van der Waals surface area contributed by atoms with Crippen LogP contribution < -0.4 is 5.73 Å². The Balaban J connectivity index is 1.44. The number of rotatable bonds is 5. The molecular formula is C28H34BrN5O2. The first-order valence-corrected chi connectivity index (χ1v) is 13.7. The highest BCUT2D eigenvalue weighted by atomic mass is 79.9. The highest BCUT2D eigenvalue weighted by molar-refractivity contribution is 9.10. The maximum atomic E-state index is 11.4. The standard InChI is InChI=1S/C28H34BrN5O2/c1-15(2)19-5-4-6-20(12-19)24-16(3)11-21(13-31-24)22-14-32-34-26(30)23(29)25(33-27(22)34)17-7-9-18(10-8-17)28(35)36/h6,11-18,24H,4-5,7-10,30H2,1-3H3,(H,35,36). The first-order chi connectivity index (χ1) is 17.2. The largest absolute Gasteiger partial charge is 0.481 e. The first kappa shape index (κ1) is 24.9. The number of fused-ring (bicyclic) bond motifs is 1. The Labute approximate surface area is 220 Å². The number of hydrogen-bond donors (Lipinski definition) is 2. The minimum atomic E-state index is -0.704. The molecule has 2 atom stereocenters. The van der Waals surface area contributed by atoms with Gasteiger partial charge in [0.1, 0.15) is 5.82 Å². The van der Waals surface area contributed by atoms with Gasteiger partial charge >= 0.3 is 5.97 Å². The van der Waals surface area contributed by atoms with Gasteiger partial charge in [0.15, 0.2) is 5.65 Å². The van der Waals surface area contributed by atoms with Gasteiger partial charge in [0, 0.05) is 29.2 Å². The van der Waals surface area contributed by atoms with E-state index in [1.165, 1.54) is 11.1 Å². The molecular weight excluding hydrogens is 518 g/mol. The molecule has 2 unspecified atom stereocenters. The van der Waals surface area contributed by atoms with Crippen LogP contribution in [0.25, 0.3) is 11.2 Å². The fourth-order valence-corrected chi connectivity index (χ4v) is 6.36. The third-order valence-electron chi connectivity index (χ3n) is 7.99. The van der Waals surface area contributed by atoms with Gasteiger partial charge in [-0.2, -0.15) is 9.61 Å². The van der Waals surface area contributed by atoms with Crippen molar-refractivity contribution in [2.75, 3.05) is 5.73 Å². The van der Waals surface area contributed by atoms with Crippen molar-refractivity contribution >= 4 is 45.2 Å². The average molecular weight is 553 g/mol. The van der Waals surface area contributed by atoms with E-state index < -0.39 is 5.97 Å². The Kier molecular flexibility index (Phi) is 6.90. The van der Waals surface area contributed by atoms with Crippen LogP contribution in [-0.4, -0.2) is 37.9 Å². The Bertz CT molecular complexity index is 1310. The van der Waals surface area contributed by atoms with Gasteiger partial charge in [-0.3, -0.25) is 9.79 Å². The second kappa shape index (κ2) is 9.96. The van der Waals surface area contributed by atoms with E-state index >= 15 is 0 Å². The van der Waals surface area contributed by atoms with E-state index in [-0.39, 0.29) is 23.8 Å². The van der Waals surface area contributed by atoms with Crippen molar-refractivity contribution < 1.29 is 9.90 Å². The van der Waals surface area contributed by atoms with Crippen LogP contribution in [0.4, 0.5) is 5.82 Å². The molecule has 7 nitrogen and oxygen atoms in total. The Morgan fingerprint density at radius 3 is 2.67 bits per heavy atom. The predicted octanol–water partition coefficient (Wildman–Crippen LogP) is 6.21. The lowest BCUT2D eigenvalue weighted by atomic mass is 9.80. The highest BCUT2D eigenvalue weighted by Crippen LogP contribution is 2.41. The monoisotopic (exact) mass is 551 g/mol. The summed E-state index contributed by atoms with van der Waals surface area (Å²) in [6, 6.07) is 0.122. The molecule has 36 heavy (non-hydrogen) atoms. The van der Waals surface area contributed by atoms with Crippen LogP contribution in [0.2, 0.25) is 0 Å². The number of allylic oxidation sites excluding steroid dienone is 3. The first-order valence-electron chi connectivity index (χ1n) is 13.0. The molecule has 0 amide bonds. The van der Waals surface area contributed by atoms with Crippen LogP contribution in [0.5, 0.6) is 0 Å². The molecule has 2 aromatic heterocycles. The zero-order valence-electron chi connectivity index (χ0n) is 21.1. The number of carboxylic acids is 1. The zero-order valence-corrected chi connectivity index (χ0v) is 22.7. The smallest absolute Gasteiger partial charge is 0.306 e. The van der Waals surface area contributed by atoms with E-state index in [1.807, 2.05) is 12.4 Å². The highest BCUT2D eigenvalue weighted by Gasteiger charge is 2.31. The van der Waals surface area contributed by atoms with Gasteiger partial charge < -0.3 is 10.8 Å². The van der Waals surface area contributed by atoms with Crippen molar-refractivity contribution in [2.45, 2.75) is 71.3 Å². The van der Waals surface area contributed by atoms with E-state index in [0.29, 0.717) is 30.2 Å². The number of dihydropyridines is 1. The molecule has 0 bridgehead atoms. The molecule has 1 aliphatic heterocycles. The third kappa shape index (κ3) is 4.56. The van der Waals surface area contributed by atoms with Crippen LogP contribution in [0.15, 0.2) is 45.0 Å². The summed E-state index contributed by atoms with van der Waals surface area (Å²) in [6.45, 7) is 6.74. The van der Waals surface area contributed by atoms with Crippen LogP contribution in [0.1, 0.15) is 76.5 Å². The summed E-state index contributed by atoms with van der Waals surface area (Å²) < 4.78 is 2.43. The number of halogens is 1. The summed E-state index contributed by atoms with van der Waals surface area (Å²) in [5.41, 5.74) is 12.8. The minimum Gasteiger partial charge on any atom is -0.481 e. The summed E-state index contributed by atoms with van der Waals surface area (Å²) in [5.74, 6) is 0.514. The van der Waals surface area contributed by atoms with Gasteiger partial charge in [-0.25, -0.2) is 4.98 Å². The number of hydrogen-bond acceptors (Lipinski definition) is 5. The topological polar surface area (TPSA) is 106 Å². The number of carboxylic acid groups (broad SMARTS) is 1. The number of carbonyl (C=O) groups is 1. The van der Waals surface area contributed by atoms with E-state index in [9.17, 15) is 9.90 Å². The summed E-state index contributed by atoms with van der Waals surface area (Å²) >= 11 is 3.65. The van der Waals surface area contributed by atoms with Gasteiger partial charge in [0.25, 0.3) is 0 Å². The van der Waals surface area contributed by atoms with Gasteiger partial charge in [-0.05, 0) is 65.9 Å². The van der Waals surface area contributed by atoms with Crippen molar-refractivity contribution in [3.05, 3.63) is 51.3 Å². The molecule has 2 aliphatic carbocycles. The molecule has 2 aromatic rings. The number of anilines is 1. The average Bonchev–Trinajstić information content (AvgIpc) is 3.30. The lowest BCUT2D eigenvalue weighted by molar-refractivity contribution is -0.142. The minimum absolute atomic E-state index is 0.122.